The van der Waals surface area contributed by atoms with Crippen molar-refractivity contribution < 1.29 is 23.3 Å². The molecule has 2 fully saturated rings. The van der Waals surface area contributed by atoms with E-state index in [1.54, 1.807) is 0 Å². The smallest absolute Gasteiger partial charge is 0.408 e. The number of amides is 3. The van der Waals surface area contributed by atoms with Crippen LogP contribution in [-0.4, -0.2) is 56.8 Å². The van der Waals surface area contributed by atoms with Crippen molar-refractivity contribution in [1.82, 2.24) is 15.5 Å². The fourth-order valence-corrected chi connectivity index (χ4v) is 5.32. The van der Waals surface area contributed by atoms with Crippen LogP contribution in [-0.2, 0) is 38.2 Å². The van der Waals surface area contributed by atoms with E-state index < -0.39 is 40.3 Å². The Labute approximate surface area is 182 Å². The molecule has 2 N–H and O–H groups in total. The molecule has 0 spiro atoms. The molecule has 2 aliphatic heterocycles. The van der Waals surface area contributed by atoms with E-state index in [0.29, 0.717) is 12.3 Å². The number of carbonyl (C=O) groups excluding carboxylic acids is 3. The number of β-lactam (4-membered cyclic amide) rings is 1. The average Bonchev–Trinajstić information content (AvgIpc) is 3.14. The summed E-state index contributed by atoms with van der Waals surface area (Å²) < 4.78 is 17.4. The summed E-state index contributed by atoms with van der Waals surface area (Å²) >= 11 is 0. The molecule has 0 saturated carbocycles. The van der Waals surface area contributed by atoms with Crippen molar-refractivity contribution in [3.63, 3.8) is 0 Å². The molecule has 9 heteroatoms. The lowest BCUT2D eigenvalue weighted by atomic mass is 10.0. The number of benzene rings is 2. The van der Waals surface area contributed by atoms with Gasteiger partial charge in [0.1, 0.15) is 24.1 Å². The minimum Gasteiger partial charge on any atom is -0.445 e. The summed E-state index contributed by atoms with van der Waals surface area (Å²) in [6, 6.07) is 16.7. The van der Waals surface area contributed by atoms with Gasteiger partial charge in [-0.05, 0) is 11.1 Å². The third-order valence-electron chi connectivity index (χ3n) is 5.35. The third kappa shape index (κ3) is 4.77. The van der Waals surface area contributed by atoms with Crippen molar-refractivity contribution in [3.8, 4) is 0 Å². The van der Waals surface area contributed by atoms with Crippen molar-refractivity contribution in [2.75, 3.05) is 12.3 Å². The molecule has 2 aromatic carbocycles. The van der Waals surface area contributed by atoms with E-state index in [-0.39, 0.29) is 18.9 Å². The molecule has 0 radical (unpaired) electrons. The van der Waals surface area contributed by atoms with E-state index in [1.807, 2.05) is 60.7 Å². The second kappa shape index (κ2) is 9.30. The monoisotopic (exact) mass is 441 g/mol. The van der Waals surface area contributed by atoms with Crippen molar-refractivity contribution in [1.29, 1.82) is 0 Å². The van der Waals surface area contributed by atoms with Gasteiger partial charge < -0.3 is 20.3 Å². The van der Waals surface area contributed by atoms with Crippen LogP contribution < -0.4 is 10.6 Å². The van der Waals surface area contributed by atoms with Gasteiger partial charge in [0.2, 0.25) is 11.8 Å². The van der Waals surface area contributed by atoms with Gasteiger partial charge in [-0.1, -0.05) is 60.7 Å². The Hall–Kier alpha value is -3.20. The molecular formula is C22H23N3O5S. The van der Waals surface area contributed by atoms with Crippen LogP contribution in [0.1, 0.15) is 11.1 Å². The molecule has 8 nitrogen and oxygen atoms in total. The Morgan fingerprint density at radius 1 is 1.06 bits per heavy atom. The highest BCUT2D eigenvalue weighted by molar-refractivity contribution is 7.86. The number of nitrogens with one attached hydrogen (secondary N) is 2. The molecule has 2 saturated heterocycles. The molecular weight excluding hydrogens is 418 g/mol. The summed E-state index contributed by atoms with van der Waals surface area (Å²) in [6.45, 7) is 0.517. The van der Waals surface area contributed by atoms with Gasteiger partial charge in [-0.25, -0.2) is 4.79 Å². The van der Waals surface area contributed by atoms with Crippen molar-refractivity contribution in [2.24, 2.45) is 0 Å². The molecule has 0 aromatic heterocycles. The minimum absolute atomic E-state index is 0.0729. The second-order valence-corrected chi connectivity index (χ2v) is 9.09. The molecule has 162 valence electrons. The number of hydrogen-bond acceptors (Lipinski definition) is 5. The first kappa shape index (κ1) is 21.0. The van der Waals surface area contributed by atoms with Crippen molar-refractivity contribution in [3.05, 3.63) is 71.8 Å². The summed E-state index contributed by atoms with van der Waals surface area (Å²) in [5.74, 6) is -0.336. The van der Waals surface area contributed by atoms with Gasteiger partial charge in [0, 0.05) is 29.5 Å². The zero-order chi connectivity index (χ0) is 21.8. The van der Waals surface area contributed by atoms with E-state index in [2.05, 4.69) is 10.6 Å². The molecule has 31 heavy (non-hydrogen) atoms. The fraction of sp³-hybridized carbons (Fsp3) is 0.318. The Kier molecular flexibility index (Phi) is 6.31. The average molecular weight is 442 g/mol. The van der Waals surface area contributed by atoms with Crippen molar-refractivity contribution in [2.45, 2.75) is 30.5 Å². The van der Waals surface area contributed by atoms with Crippen LogP contribution in [0.15, 0.2) is 60.7 Å². The summed E-state index contributed by atoms with van der Waals surface area (Å²) in [6.07, 6.45) is -0.503. The molecule has 0 bridgehead atoms. The normalized spacial score (nSPS) is 22.8. The highest BCUT2D eigenvalue weighted by Gasteiger charge is 2.55. The number of rotatable bonds is 7. The van der Waals surface area contributed by atoms with Crippen LogP contribution in [0.4, 0.5) is 4.79 Å². The Bertz CT molecular complexity index is 985. The van der Waals surface area contributed by atoms with Crippen LogP contribution in [0.2, 0.25) is 0 Å². The molecule has 1 unspecified atom stereocenters. The Morgan fingerprint density at radius 2 is 1.71 bits per heavy atom. The minimum atomic E-state index is -1.19. The van der Waals surface area contributed by atoms with Gasteiger partial charge in [-0.3, -0.25) is 13.8 Å². The van der Waals surface area contributed by atoms with Crippen LogP contribution in [0.5, 0.6) is 0 Å². The lowest BCUT2D eigenvalue weighted by Gasteiger charge is -2.41. The quantitative estimate of drug-likeness (QED) is 0.623. The lowest BCUT2D eigenvalue weighted by molar-refractivity contribution is -0.147. The lowest BCUT2D eigenvalue weighted by Crippen LogP contribution is -2.70. The van der Waals surface area contributed by atoms with E-state index in [4.69, 9.17) is 4.74 Å². The maximum Gasteiger partial charge on any atom is 0.408 e. The Balaban J connectivity index is 1.41. The van der Waals surface area contributed by atoms with Crippen LogP contribution in [0.25, 0.3) is 0 Å². The molecule has 0 aliphatic carbocycles. The first-order valence-corrected chi connectivity index (χ1v) is 11.4. The zero-order valence-electron chi connectivity index (χ0n) is 16.7. The number of carbonyl (C=O) groups is 3. The molecule has 4 rings (SSSR count). The van der Waals surface area contributed by atoms with Crippen LogP contribution in [0, 0.1) is 0 Å². The topological polar surface area (TPSA) is 105 Å². The van der Waals surface area contributed by atoms with Gasteiger partial charge in [-0.2, -0.15) is 0 Å². The SMILES string of the molecule is O=C(N[C@@H](Cc1ccccc1)C(=O)N[C@@H]1C(=O)N2CCS(=O)[C@@H]12)OCc1ccccc1. The van der Waals surface area contributed by atoms with E-state index in [9.17, 15) is 18.6 Å². The molecule has 2 aliphatic rings. The fourth-order valence-electron chi connectivity index (χ4n) is 3.72. The van der Waals surface area contributed by atoms with Gasteiger partial charge in [0.25, 0.3) is 0 Å². The van der Waals surface area contributed by atoms with E-state index >= 15 is 0 Å². The third-order valence-corrected chi connectivity index (χ3v) is 7.00. The number of fused-ring (bicyclic) bond motifs is 1. The van der Waals surface area contributed by atoms with Crippen molar-refractivity contribution >= 4 is 28.7 Å². The number of alkyl carbamates (subject to hydrolysis) is 1. The zero-order valence-corrected chi connectivity index (χ0v) is 17.5. The number of nitrogens with zero attached hydrogens (tertiary/aromatic N) is 1. The maximum absolute atomic E-state index is 13.0. The standard InChI is InChI=1S/C22H23N3O5S/c26-19(24-18-20(27)25-11-12-31(29)21(18)25)17(13-15-7-3-1-4-8-15)23-22(28)30-14-16-9-5-2-6-10-16/h1-10,17-18,21H,11-14H2,(H,23,28)(H,24,26)/t17-,18+,21-,31?/m0/s1. The van der Waals surface area contributed by atoms with Gasteiger partial charge in [-0.15, -0.1) is 0 Å². The largest absolute Gasteiger partial charge is 0.445 e. The number of ether oxygens (including phenoxy) is 1. The molecule has 3 amide bonds. The Morgan fingerprint density at radius 3 is 2.39 bits per heavy atom. The van der Waals surface area contributed by atoms with E-state index in [1.165, 1.54) is 4.90 Å². The highest BCUT2D eigenvalue weighted by Crippen LogP contribution is 2.28. The summed E-state index contributed by atoms with van der Waals surface area (Å²) in [5, 5.41) is 4.79. The predicted octanol–water partition coefficient (Wildman–Crippen LogP) is 0.940. The van der Waals surface area contributed by atoms with Gasteiger partial charge >= 0.3 is 6.09 Å². The summed E-state index contributed by atoms with van der Waals surface area (Å²) in [7, 11) is -1.19. The highest BCUT2D eigenvalue weighted by atomic mass is 32.2. The van der Waals surface area contributed by atoms with Gasteiger partial charge in [0.05, 0.1) is 0 Å². The first-order valence-electron chi connectivity index (χ1n) is 10.0. The number of hydrogen-bond donors (Lipinski definition) is 2. The van der Waals surface area contributed by atoms with Gasteiger partial charge in [0.15, 0.2) is 0 Å². The van der Waals surface area contributed by atoms with E-state index in [0.717, 1.165) is 11.1 Å². The summed E-state index contributed by atoms with van der Waals surface area (Å²) in [5.41, 5.74) is 1.67. The first-order chi connectivity index (χ1) is 15.0. The molecule has 2 heterocycles. The molecule has 2 aromatic rings. The maximum atomic E-state index is 13.0. The van der Waals surface area contributed by atoms with Crippen LogP contribution in [0.3, 0.4) is 0 Å². The van der Waals surface area contributed by atoms with Crippen LogP contribution >= 0.6 is 0 Å². The molecule has 4 atom stereocenters. The second-order valence-electron chi connectivity index (χ2n) is 7.44. The predicted molar refractivity (Wildman–Crippen MR) is 114 cm³/mol. The summed E-state index contributed by atoms with van der Waals surface area (Å²) in [4.78, 5) is 39.1.